The van der Waals surface area contributed by atoms with Gasteiger partial charge in [0, 0.05) is 46.9 Å². The van der Waals surface area contributed by atoms with Gasteiger partial charge < -0.3 is 49.2 Å². The Labute approximate surface area is 283 Å². The second kappa shape index (κ2) is 13.0. The van der Waals surface area contributed by atoms with Crippen LogP contribution >= 0.6 is 0 Å². The summed E-state index contributed by atoms with van der Waals surface area (Å²) >= 11 is 0. The number of carbonyl (C=O) groups is 2. The number of ether oxygens (including phenoxy) is 5. The average Bonchev–Trinajstić information content (AvgIpc) is 3.05. The highest BCUT2D eigenvalue weighted by Crippen LogP contribution is 2.44. The van der Waals surface area contributed by atoms with E-state index in [-0.39, 0.29) is 58.3 Å². The van der Waals surface area contributed by atoms with Crippen LogP contribution in [0, 0.1) is 6.92 Å². The van der Waals surface area contributed by atoms with Crippen molar-refractivity contribution in [2.45, 2.75) is 121 Å². The Bertz CT molecular complexity index is 1780. The van der Waals surface area contributed by atoms with Crippen LogP contribution in [0.25, 0.3) is 10.8 Å². The number of aromatic hydroxyl groups is 2. The monoisotopic (exact) mass is 678 g/mol. The van der Waals surface area contributed by atoms with Gasteiger partial charge in [-0.3, -0.25) is 9.59 Å². The molecule has 0 amide bonds. The lowest BCUT2D eigenvalue weighted by atomic mass is 9.79. The Balaban J connectivity index is 1.07. The van der Waals surface area contributed by atoms with Gasteiger partial charge in [-0.25, -0.2) is 0 Å². The summed E-state index contributed by atoms with van der Waals surface area (Å²) in [4.78, 5) is 27.7. The number of hydrogen-bond acceptors (Lipinski definition) is 12. The van der Waals surface area contributed by atoms with Gasteiger partial charge >= 0.3 is 0 Å². The van der Waals surface area contributed by atoms with Crippen molar-refractivity contribution in [3.63, 3.8) is 0 Å². The van der Waals surface area contributed by atoms with E-state index in [2.05, 4.69) is 0 Å². The summed E-state index contributed by atoms with van der Waals surface area (Å²) in [6, 6.07) is 9.64. The number of aliphatic hydroxyl groups excluding tert-OH is 3. The van der Waals surface area contributed by atoms with E-state index in [1.807, 2.05) is 19.9 Å². The van der Waals surface area contributed by atoms with Gasteiger partial charge in [0.2, 0.25) is 0 Å². The maximum atomic E-state index is 13.8. The number of rotatable bonds is 5. The van der Waals surface area contributed by atoms with Crippen LogP contribution in [0.3, 0.4) is 0 Å². The van der Waals surface area contributed by atoms with E-state index >= 15 is 0 Å². The van der Waals surface area contributed by atoms with Crippen molar-refractivity contribution >= 4 is 22.3 Å². The third kappa shape index (κ3) is 6.04. The zero-order valence-corrected chi connectivity index (χ0v) is 27.7. The minimum Gasteiger partial charge on any atom is -0.507 e. The molecule has 0 spiro atoms. The molecule has 3 saturated heterocycles. The normalized spacial score (nSPS) is 34.9. The molecular weight excluding hydrogens is 636 g/mol. The van der Waals surface area contributed by atoms with Gasteiger partial charge in [0.05, 0.1) is 48.3 Å². The molecule has 3 heterocycles. The summed E-state index contributed by atoms with van der Waals surface area (Å²) in [5, 5.41) is 54.3. The maximum absolute atomic E-state index is 13.8. The smallest absolute Gasteiger partial charge is 0.198 e. The first-order chi connectivity index (χ1) is 23.3. The summed E-state index contributed by atoms with van der Waals surface area (Å²) in [7, 11) is 0. The number of ketones is 2. The van der Waals surface area contributed by atoms with Gasteiger partial charge in [-0.15, -0.1) is 0 Å². The number of benzene rings is 3. The number of aryl methyl sites for hydroxylation is 1. The highest BCUT2D eigenvalue weighted by molar-refractivity contribution is 6.33. The minimum absolute atomic E-state index is 0.0306. The highest BCUT2D eigenvalue weighted by Gasteiger charge is 2.43. The minimum atomic E-state index is -1.01. The molecule has 11 unspecified atom stereocenters. The molecule has 3 aliphatic heterocycles. The van der Waals surface area contributed by atoms with Crippen molar-refractivity contribution in [3.8, 4) is 11.5 Å². The molecule has 49 heavy (non-hydrogen) atoms. The van der Waals surface area contributed by atoms with Crippen LogP contribution < -0.4 is 0 Å². The second-order valence-corrected chi connectivity index (χ2v) is 13.8. The molecule has 12 nitrogen and oxygen atoms in total. The van der Waals surface area contributed by atoms with Crippen LogP contribution in [-0.4, -0.2) is 98.5 Å². The second-order valence-electron chi connectivity index (χ2n) is 13.8. The average molecular weight is 679 g/mol. The van der Waals surface area contributed by atoms with E-state index in [9.17, 15) is 35.1 Å². The lowest BCUT2D eigenvalue weighted by Gasteiger charge is -2.43. The van der Waals surface area contributed by atoms with E-state index in [0.717, 1.165) is 5.56 Å². The van der Waals surface area contributed by atoms with Crippen molar-refractivity contribution in [1.82, 2.24) is 0 Å². The molecule has 0 radical (unpaired) electrons. The van der Waals surface area contributed by atoms with Crippen LogP contribution in [-0.2, 0) is 23.7 Å². The summed E-state index contributed by atoms with van der Waals surface area (Å²) in [6.45, 7) is 7.04. The van der Waals surface area contributed by atoms with Crippen molar-refractivity contribution in [2.75, 3.05) is 0 Å². The fraction of sp³-hybridized carbons (Fsp3) is 0.514. The SMILES string of the molecule is Cc1cc(O)c2c3c(ccc2c1)C(=O)c1c(ccc(C2CC(OC4CCC(OC5CC(O)C(O)C(C)O5)C(C)O4)C(O)C(C)O2)c1O)C3=O. The Morgan fingerprint density at radius 3 is 2.10 bits per heavy atom. The van der Waals surface area contributed by atoms with E-state index < -0.39 is 73.0 Å². The quantitative estimate of drug-likeness (QED) is 0.207. The van der Waals surface area contributed by atoms with Crippen LogP contribution in [0.4, 0.5) is 0 Å². The predicted octanol–water partition coefficient (Wildman–Crippen LogP) is 3.70. The molecule has 0 aromatic heterocycles. The fourth-order valence-electron chi connectivity index (χ4n) is 7.67. The number of phenolic OH excluding ortho intramolecular Hbond substituents is 2. The van der Waals surface area contributed by atoms with Gasteiger partial charge in [0.15, 0.2) is 24.1 Å². The third-order valence-corrected chi connectivity index (χ3v) is 10.3. The Kier molecular flexibility index (Phi) is 9.03. The molecule has 7 rings (SSSR count). The first-order valence-electron chi connectivity index (χ1n) is 16.9. The Hall–Kier alpha value is -3.46. The van der Waals surface area contributed by atoms with Gasteiger partial charge in [0.1, 0.15) is 23.7 Å². The zero-order chi connectivity index (χ0) is 34.9. The Morgan fingerprint density at radius 1 is 0.714 bits per heavy atom. The molecular formula is C37H42O12. The van der Waals surface area contributed by atoms with Crippen LogP contribution in [0.1, 0.15) is 95.5 Å². The number of phenols is 2. The Morgan fingerprint density at radius 2 is 1.37 bits per heavy atom. The zero-order valence-electron chi connectivity index (χ0n) is 27.7. The van der Waals surface area contributed by atoms with Crippen molar-refractivity contribution in [1.29, 1.82) is 0 Å². The van der Waals surface area contributed by atoms with E-state index in [0.29, 0.717) is 23.6 Å². The summed E-state index contributed by atoms with van der Waals surface area (Å²) in [6.07, 6.45) is -6.50. The maximum Gasteiger partial charge on any atom is 0.198 e. The van der Waals surface area contributed by atoms with Gasteiger partial charge in [-0.1, -0.05) is 18.2 Å². The molecule has 3 aromatic carbocycles. The highest BCUT2D eigenvalue weighted by atomic mass is 16.7. The van der Waals surface area contributed by atoms with Crippen molar-refractivity contribution < 1.29 is 58.8 Å². The molecule has 4 aliphatic rings. The number of carbonyl (C=O) groups excluding carboxylic acids is 2. The van der Waals surface area contributed by atoms with Crippen LogP contribution in [0.15, 0.2) is 36.4 Å². The molecule has 3 aromatic rings. The topological polar surface area (TPSA) is 181 Å². The molecule has 3 fully saturated rings. The predicted molar refractivity (Wildman–Crippen MR) is 174 cm³/mol. The number of fused-ring (bicyclic) bond motifs is 4. The number of aliphatic hydroxyl groups is 3. The molecule has 1 aliphatic carbocycles. The van der Waals surface area contributed by atoms with Crippen LogP contribution in [0.2, 0.25) is 0 Å². The summed E-state index contributed by atoms with van der Waals surface area (Å²) in [5.41, 5.74) is 1.19. The first-order valence-corrected chi connectivity index (χ1v) is 16.9. The standard InChI is InChI=1S/C37H42O12/c1-15-11-19-5-6-21-31(30(19)23(38)12-15)36(43)22-8-7-20(35(42)32(22)37(21)44)26-14-27(34(41)18(4)45-26)49-28-10-9-25(16(2)46-28)48-29-13-24(39)33(40)17(3)47-29/h5-8,11-12,16-18,24-29,33-34,38-42H,9-10,13-14H2,1-4H3. The van der Waals surface area contributed by atoms with Crippen LogP contribution in [0.5, 0.6) is 11.5 Å². The first kappa shape index (κ1) is 34.0. The molecule has 0 bridgehead atoms. The van der Waals surface area contributed by atoms with Crippen molar-refractivity contribution in [3.05, 3.63) is 69.8 Å². The number of hydrogen-bond donors (Lipinski definition) is 5. The molecule has 5 N–H and O–H groups in total. The van der Waals surface area contributed by atoms with Crippen molar-refractivity contribution in [2.24, 2.45) is 0 Å². The fourth-order valence-corrected chi connectivity index (χ4v) is 7.67. The van der Waals surface area contributed by atoms with E-state index in [4.69, 9.17) is 23.7 Å². The third-order valence-electron chi connectivity index (χ3n) is 10.3. The largest absolute Gasteiger partial charge is 0.507 e. The lowest BCUT2D eigenvalue weighted by molar-refractivity contribution is -0.306. The molecule has 0 saturated carbocycles. The molecule has 11 atom stereocenters. The lowest BCUT2D eigenvalue weighted by Crippen LogP contribution is -2.51. The summed E-state index contributed by atoms with van der Waals surface area (Å²) in [5.74, 6) is -1.49. The van der Waals surface area contributed by atoms with Gasteiger partial charge in [-0.05, 0) is 63.3 Å². The molecule has 262 valence electrons. The van der Waals surface area contributed by atoms with E-state index in [1.165, 1.54) is 6.07 Å². The van der Waals surface area contributed by atoms with Gasteiger partial charge in [0.25, 0.3) is 0 Å². The molecule has 12 heteroatoms. The van der Waals surface area contributed by atoms with Gasteiger partial charge in [-0.2, -0.15) is 0 Å². The summed E-state index contributed by atoms with van der Waals surface area (Å²) < 4.78 is 30.3. The van der Waals surface area contributed by atoms with E-state index in [1.54, 1.807) is 38.1 Å².